The van der Waals surface area contributed by atoms with E-state index in [1.807, 2.05) is 0 Å². The molecule has 0 unspecified atom stereocenters. The fourth-order valence-corrected chi connectivity index (χ4v) is 4.03. The van der Waals surface area contributed by atoms with E-state index in [0.29, 0.717) is 12.3 Å². The number of aromatic hydroxyl groups is 1. The lowest BCUT2D eigenvalue weighted by Crippen LogP contribution is -2.48. The number of hydrogen-bond donors (Lipinski definition) is 2. The molecule has 1 saturated heterocycles. The highest BCUT2D eigenvalue weighted by Gasteiger charge is 2.38. The fourth-order valence-electron chi connectivity index (χ4n) is 4.03. The molecule has 22 heavy (non-hydrogen) atoms. The van der Waals surface area contributed by atoms with Crippen LogP contribution in [-0.4, -0.2) is 41.3 Å². The number of fused-ring (bicyclic) bond motifs is 3. The number of methoxy groups -OCH3 is 1. The summed E-state index contributed by atoms with van der Waals surface area (Å²) in [6, 6.07) is 3.30. The summed E-state index contributed by atoms with van der Waals surface area (Å²) in [5.41, 5.74) is 1.97. The molecule has 0 aliphatic carbocycles. The maximum atomic E-state index is 10.6. The Bertz CT molecular complexity index is 633. The lowest BCUT2D eigenvalue weighted by atomic mass is 9.79. The van der Waals surface area contributed by atoms with Crippen LogP contribution in [0.25, 0.3) is 0 Å². The Morgan fingerprint density at radius 2 is 2.27 bits per heavy atom. The molecule has 0 spiro atoms. The minimum Gasteiger partial charge on any atom is -0.504 e. The van der Waals surface area contributed by atoms with Crippen LogP contribution >= 0.6 is 0 Å². The Labute approximate surface area is 136 Å². The average molecular weight is 308 g/mol. The second-order valence-electron chi connectivity index (χ2n) is 7.07. The summed E-state index contributed by atoms with van der Waals surface area (Å²) < 4.78 is 26.7. The molecule has 3 atom stereocenters. The van der Waals surface area contributed by atoms with Gasteiger partial charge in [-0.15, -0.1) is 0 Å². The highest BCUT2D eigenvalue weighted by atomic mass is 16.5. The molecule has 1 fully saturated rings. The van der Waals surface area contributed by atoms with Gasteiger partial charge >= 0.3 is 0 Å². The Morgan fingerprint density at radius 3 is 3.00 bits per heavy atom. The second-order valence-corrected chi connectivity index (χ2v) is 7.07. The van der Waals surface area contributed by atoms with E-state index in [4.69, 9.17) is 8.85 Å². The summed E-state index contributed by atoms with van der Waals surface area (Å²) in [6.45, 7) is 6.08. The van der Waals surface area contributed by atoms with Gasteiger partial charge in [0.25, 0.3) is 0 Å². The van der Waals surface area contributed by atoms with Gasteiger partial charge in [0, 0.05) is 19.1 Å². The Hall–Kier alpha value is -1.26. The van der Waals surface area contributed by atoms with Gasteiger partial charge in [0.05, 0.1) is 17.3 Å². The number of benzene rings is 1. The van der Waals surface area contributed by atoms with E-state index in [-0.39, 0.29) is 29.6 Å². The SMILES string of the molecule is [2H]C([2H])([2H])Oc1cc2c(cc1O)CCN1C[C@H](CC(C)C)[C@@H](O)C[C@@H]21. The largest absolute Gasteiger partial charge is 0.504 e. The van der Waals surface area contributed by atoms with Crippen LogP contribution in [0, 0.1) is 11.8 Å². The summed E-state index contributed by atoms with van der Waals surface area (Å²) in [4.78, 5) is 2.37. The number of piperidine rings is 1. The van der Waals surface area contributed by atoms with Gasteiger partial charge in [0.2, 0.25) is 0 Å². The molecule has 0 aromatic heterocycles. The average Bonchev–Trinajstić information content (AvgIpc) is 2.47. The third kappa shape index (κ3) is 2.82. The summed E-state index contributed by atoms with van der Waals surface area (Å²) in [5.74, 6) is 0.661. The topological polar surface area (TPSA) is 52.9 Å². The van der Waals surface area contributed by atoms with Gasteiger partial charge in [0.1, 0.15) is 0 Å². The van der Waals surface area contributed by atoms with Gasteiger partial charge in [-0.25, -0.2) is 0 Å². The number of aliphatic hydroxyl groups is 1. The van der Waals surface area contributed by atoms with Crippen molar-refractivity contribution in [3.8, 4) is 11.5 Å². The zero-order chi connectivity index (χ0) is 18.4. The van der Waals surface area contributed by atoms with Crippen LogP contribution in [0.15, 0.2) is 12.1 Å². The van der Waals surface area contributed by atoms with Gasteiger partial charge in [-0.1, -0.05) is 13.8 Å². The van der Waals surface area contributed by atoms with Crippen molar-refractivity contribution in [2.45, 2.75) is 45.3 Å². The molecular formula is C18H27NO3. The van der Waals surface area contributed by atoms with E-state index in [2.05, 4.69) is 18.7 Å². The standard InChI is InChI=1S/C18H27NO3/c1-11(2)6-13-10-19-5-4-12-7-17(21)18(22-3)8-14(12)15(19)9-16(13)20/h7-8,11,13,15-16,20-21H,4-6,9-10H2,1-3H3/t13-,15-,16-/m0/s1/i3D3. The van der Waals surface area contributed by atoms with Crippen molar-refractivity contribution in [1.82, 2.24) is 4.90 Å². The molecule has 2 aliphatic rings. The third-order valence-electron chi connectivity index (χ3n) is 5.05. The normalized spacial score (nSPS) is 30.9. The first-order valence-corrected chi connectivity index (χ1v) is 8.11. The lowest BCUT2D eigenvalue weighted by Gasteiger charge is -2.46. The van der Waals surface area contributed by atoms with E-state index in [1.165, 1.54) is 0 Å². The molecule has 4 nitrogen and oxygen atoms in total. The molecule has 1 aromatic rings. The van der Waals surface area contributed by atoms with Crippen molar-refractivity contribution >= 4 is 0 Å². The molecule has 3 rings (SSSR count). The van der Waals surface area contributed by atoms with Crippen molar-refractivity contribution in [2.75, 3.05) is 20.1 Å². The van der Waals surface area contributed by atoms with E-state index >= 15 is 0 Å². The first-order valence-electron chi connectivity index (χ1n) is 9.61. The van der Waals surface area contributed by atoms with Gasteiger partial charge in [-0.05, 0) is 54.4 Å². The van der Waals surface area contributed by atoms with Crippen LogP contribution in [0.3, 0.4) is 0 Å². The number of nitrogens with zero attached hydrogens (tertiary/aromatic N) is 1. The second kappa shape index (κ2) is 6.09. The molecule has 0 amide bonds. The minimum absolute atomic E-state index is 0.0145. The highest BCUT2D eigenvalue weighted by molar-refractivity contribution is 5.48. The van der Waals surface area contributed by atoms with Crippen molar-refractivity contribution in [2.24, 2.45) is 11.8 Å². The quantitative estimate of drug-likeness (QED) is 0.901. The van der Waals surface area contributed by atoms with Crippen molar-refractivity contribution in [3.05, 3.63) is 23.3 Å². The van der Waals surface area contributed by atoms with Crippen molar-refractivity contribution < 1.29 is 19.1 Å². The molecule has 2 heterocycles. The van der Waals surface area contributed by atoms with Crippen LogP contribution in [0.2, 0.25) is 0 Å². The summed E-state index contributed by atoms with van der Waals surface area (Å²) in [6.07, 6.45) is 2.07. The van der Waals surface area contributed by atoms with Gasteiger partial charge in [-0.3, -0.25) is 4.90 Å². The maximum absolute atomic E-state index is 10.6. The monoisotopic (exact) mass is 308 g/mol. The summed E-state index contributed by atoms with van der Waals surface area (Å²) in [7, 11) is -2.60. The molecule has 2 N–H and O–H groups in total. The smallest absolute Gasteiger partial charge is 0.160 e. The summed E-state index contributed by atoms with van der Waals surface area (Å²) >= 11 is 0. The van der Waals surface area contributed by atoms with Crippen LogP contribution in [0.1, 0.15) is 48.0 Å². The summed E-state index contributed by atoms with van der Waals surface area (Å²) in [5, 5.41) is 20.7. The number of ether oxygens (including phenoxy) is 1. The number of rotatable bonds is 3. The Morgan fingerprint density at radius 1 is 1.45 bits per heavy atom. The molecule has 2 aliphatic heterocycles. The van der Waals surface area contributed by atoms with Crippen LogP contribution in [-0.2, 0) is 6.42 Å². The predicted octanol–water partition coefficient (Wildman–Crippen LogP) is 2.73. The molecule has 4 heteroatoms. The zero-order valence-corrected chi connectivity index (χ0v) is 13.2. The van der Waals surface area contributed by atoms with Crippen LogP contribution in [0.5, 0.6) is 11.5 Å². The molecule has 0 saturated carbocycles. The van der Waals surface area contributed by atoms with E-state index in [0.717, 1.165) is 37.1 Å². The van der Waals surface area contributed by atoms with E-state index in [9.17, 15) is 10.2 Å². The molecule has 0 radical (unpaired) electrons. The molecular weight excluding hydrogens is 278 g/mol. The third-order valence-corrected chi connectivity index (χ3v) is 5.05. The van der Waals surface area contributed by atoms with Crippen molar-refractivity contribution in [3.63, 3.8) is 0 Å². The predicted molar refractivity (Wildman–Crippen MR) is 86.2 cm³/mol. The first-order chi connectivity index (χ1) is 11.6. The Balaban J connectivity index is 1.87. The van der Waals surface area contributed by atoms with E-state index < -0.39 is 7.04 Å². The number of aliphatic hydroxyl groups excluding tert-OH is 1. The van der Waals surface area contributed by atoms with Crippen LogP contribution < -0.4 is 4.74 Å². The van der Waals surface area contributed by atoms with Gasteiger partial charge in [0.15, 0.2) is 11.5 Å². The molecule has 1 aromatic carbocycles. The zero-order valence-electron chi connectivity index (χ0n) is 16.2. The van der Waals surface area contributed by atoms with Crippen molar-refractivity contribution in [1.29, 1.82) is 0 Å². The highest BCUT2D eigenvalue weighted by Crippen LogP contribution is 2.43. The fraction of sp³-hybridized carbons (Fsp3) is 0.667. The van der Waals surface area contributed by atoms with E-state index in [1.54, 1.807) is 12.1 Å². The maximum Gasteiger partial charge on any atom is 0.160 e. The Kier molecular flexibility index (Phi) is 3.38. The number of hydrogen-bond acceptors (Lipinski definition) is 4. The van der Waals surface area contributed by atoms with Gasteiger partial charge < -0.3 is 14.9 Å². The first kappa shape index (κ1) is 12.2. The number of phenols is 1. The van der Waals surface area contributed by atoms with Crippen LogP contribution in [0.4, 0.5) is 0 Å². The number of phenolic OH excluding ortho intramolecular Hbond substituents is 1. The minimum atomic E-state index is -2.60. The molecule has 0 bridgehead atoms. The lowest BCUT2D eigenvalue weighted by molar-refractivity contribution is -0.0191. The molecule has 122 valence electrons. The van der Waals surface area contributed by atoms with Gasteiger partial charge in [-0.2, -0.15) is 0 Å².